The molecule has 19 heavy (non-hydrogen) atoms. The van der Waals surface area contributed by atoms with Crippen molar-refractivity contribution in [3.63, 3.8) is 0 Å². The maximum atomic E-state index is 13.6. The number of halogens is 1. The summed E-state index contributed by atoms with van der Waals surface area (Å²) >= 11 is 0. The highest BCUT2D eigenvalue weighted by Gasteiger charge is 1.94. The third-order valence-electron chi connectivity index (χ3n) is 2.38. The lowest BCUT2D eigenvalue weighted by Gasteiger charge is -1.98. The van der Waals surface area contributed by atoms with Crippen LogP contribution in [0.25, 0.3) is 6.08 Å². The average molecular weight is 253 g/mol. The van der Waals surface area contributed by atoms with Gasteiger partial charge in [0.15, 0.2) is 5.83 Å². The fraction of sp³-hybridized carbons (Fsp3) is 0.0625. The fourth-order valence-corrected chi connectivity index (χ4v) is 1.44. The minimum Gasteiger partial charge on any atom is -0.497 e. The molecule has 0 aliphatic rings. The standard InChI is InChI=1S/C16H12FNO/c1-19-16-9-5-13(6-10-16)12-14(17)7-8-15-4-2-3-11-18-15/h2-6,9-12H,1H3/b14-12+. The topological polar surface area (TPSA) is 22.1 Å². The molecule has 0 unspecified atom stereocenters. The van der Waals surface area contributed by atoms with Gasteiger partial charge >= 0.3 is 0 Å². The molecule has 0 saturated carbocycles. The van der Waals surface area contributed by atoms with Gasteiger partial charge in [-0.15, -0.1) is 0 Å². The summed E-state index contributed by atoms with van der Waals surface area (Å²) in [5.41, 5.74) is 1.27. The Balaban J connectivity index is 2.13. The Morgan fingerprint density at radius 3 is 2.63 bits per heavy atom. The van der Waals surface area contributed by atoms with Crippen LogP contribution in [0, 0.1) is 11.8 Å². The summed E-state index contributed by atoms with van der Waals surface area (Å²) in [6.07, 6.45) is 2.99. The molecule has 0 spiro atoms. The summed E-state index contributed by atoms with van der Waals surface area (Å²) in [6.45, 7) is 0. The number of rotatable bonds is 2. The Kier molecular flexibility index (Phi) is 4.30. The zero-order valence-corrected chi connectivity index (χ0v) is 10.4. The zero-order valence-electron chi connectivity index (χ0n) is 10.4. The summed E-state index contributed by atoms with van der Waals surface area (Å²) in [6, 6.07) is 12.4. The second-order valence-electron chi connectivity index (χ2n) is 3.73. The van der Waals surface area contributed by atoms with Gasteiger partial charge in [0.1, 0.15) is 11.4 Å². The molecule has 2 rings (SSSR count). The van der Waals surface area contributed by atoms with Gasteiger partial charge in [0, 0.05) is 6.20 Å². The molecule has 0 aliphatic carbocycles. The molecule has 0 fully saturated rings. The van der Waals surface area contributed by atoms with Crippen LogP contribution in [0.3, 0.4) is 0 Å². The molecule has 1 heterocycles. The summed E-state index contributed by atoms with van der Waals surface area (Å²) in [4.78, 5) is 4.00. The Morgan fingerprint density at radius 1 is 1.21 bits per heavy atom. The molecule has 0 saturated heterocycles. The Morgan fingerprint density at radius 2 is 2.00 bits per heavy atom. The van der Waals surface area contributed by atoms with E-state index in [-0.39, 0.29) is 0 Å². The van der Waals surface area contributed by atoms with E-state index in [9.17, 15) is 4.39 Å². The van der Waals surface area contributed by atoms with Gasteiger partial charge in [-0.1, -0.05) is 18.2 Å². The molecule has 94 valence electrons. The van der Waals surface area contributed by atoms with E-state index in [1.165, 1.54) is 6.08 Å². The van der Waals surface area contributed by atoms with Crippen LogP contribution in [-0.2, 0) is 0 Å². The normalized spacial score (nSPS) is 10.5. The molecule has 0 atom stereocenters. The Bertz CT molecular complexity index is 621. The second kappa shape index (κ2) is 6.36. The third-order valence-corrected chi connectivity index (χ3v) is 2.38. The first-order valence-corrected chi connectivity index (χ1v) is 5.72. The average Bonchev–Trinajstić information content (AvgIpc) is 2.47. The van der Waals surface area contributed by atoms with Gasteiger partial charge in [-0.25, -0.2) is 4.98 Å². The quantitative estimate of drug-likeness (QED) is 0.765. The zero-order chi connectivity index (χ0) is 13.5. The lowest BCUT2D eigenvalue weighted by Crippen LogP contribution is -1.82. The van der Waals surface area contributed by atoms with Crippen LogP contribution in [0.4, 0.5) is 4.39 Å². The van der Waals surface area contributed by atoms with Crippen LogP contribution in [0.15, 0.2) is 54.5 Å². The van der Waals surface area contributed by atoms with E-state index < -0.39 is 5.83 Å². The van der Waals surface area contributed by atoms with E-state index in [4.69, 9.17) is 4.74 Å². The third kappa shape index (κ3) is 3.97. The lowest BCUT2D eigenvalue weighted by molar-refractivity contribution is 0.415. The maximum absolute atomic E-state index is 13.6. The number of pyridine rings is 1. The minimum absolute atomic E-state index is 0.504. The SMILES string of the molecule is COc1ccc(/C=C(/F)C#Cc2ccccn2)cc1. The van der Waals surface area contributed by atoms with E-state index in [2.05, 4.69) is 16.8 Å². The summed E-state index contributed by atoms with van der Waals surface area (Å²) < 4.78 is 18.6. The number of hydrogen-bond donors (Lipinski definition) is 0. The van der Waals surface area contributed by atoms with Crippen LogP contribution >= 0.6 is 0 Å². The Hall–Kier alpha value is -2.60. The molecule has 1 aromatic carbocycles. The molecule has 3 heteroatoms. The van der Waals surface area contributed by atoms with Gasteiger partial charge in [-0.2, -0.15) is 4.39 Å². The summed E-state index contributed by atoms with van der Waals surface area (Å²) in [7, 11) is 1.59. The van der Waals surface area contributed by atoms with Crippen LogP contribution < -0.4 is 4.74 Å². The van der Waals surface area contributed by atoms with Crippen molar-refractivity contribution in [1.29, 1.82) is 0 Å². The molecular formula is C16H12FNO. The van der Waals surface area contributed by atoms with Crippen molar-refractivity contribution in [2.75, 3.05) is 7.11 Å². The first-order valence-electron chi connectivity index (χ1n) is 5.72. The van der Waals surface area contributed by atoms with Gasteiger partial charge in [0.2, 0.25) is 0 Å². The highest BCUT2D eigenvalue weighted by Crippen LogP contribution is 2.14. The van der Waals surface area contributed by atoms with E-state index in [1.807, 2.05) is 6.07 Å². The van der Waals surface area contributed by atoms with Gasteiger partial charge in [0.25, 0.3) is 0 Å². The molecule has 0 N–H and O–H groups in total. The number of nitrogens with zero attached hydrogens (tertiary/aromatic N) is 1. The molecule has 2 nitrogen and oxygen atoms in total. The molecule has 2 aromatic rings. The Labute approximate surface area is 111 Å². The van der Waals surface area contributed by atoms with E-state index >= 15 is 0 Å². The predicted molar refractivity (Wildman–Crippen MR) is 73.2 cm³/mol. The molecule has 0 aliphatic heterocycles. The molecule has 0 radical (unpaired) electrons. The van der Waals surface area contributed by atoms with E-state index in [0.29, 0.717) is 5.69 Å². The van der Waals surface area contributed by atoms with Crippen molar-refractivity contribution in [1.82, 2.24) is 4.98 Å². The van der Waals surface area contributed by atoms with Gasteiger partial charge in [-0.3, -0.25) is 0 Å². The van der Waals surface area contributed by atoms with Crippen LogP contribution in [0.5, 0.6) is 5.75 Å². The number of ether oxygens (including phenoxy) is 1. The van der Waals surface area contributed by atoms with Crippen LogP contribution in [-0.4, -0.2) is 12.1 Å². The van der Waals surface area contributed by atoms with Gasteiger partial charge < -0.3 is 4.74 Å². The fourth-order valence-electron chi connectivity index (χ4n) is 1.44. The lowest BCUT2D eigenvalue weighted by atomic mass is 10.2. The van der Waals surface area contributed by atoms with Crippen molar-refractivity contribution in [2.45, 2.75) is 0 Å². The molecule has 1 aromatic heterocycles. The van der Waals surface area contributed by atoms with Crippen LogP contribution in [0.1, 0.15) is 11.3 Å². The molecular weight excluding hydrogens is 241 g/mol. The number of aromatic nitrogens is 1. The number of methoxy groups -OCH3 is 1. The summed E-state index contributed by atoms with van der Waals surface area (Å²) in [5, 5.41) is 0. The van der Waals surface area contributed by atoms with Crippen molar-refractivity contribution >= 4 is 6.08 Å². The van der Waals surface area contributed by atoms with Gasteiger partial charge in [-0.05, 0) is 47.7 Å². The number of allylic oxidation sites excluding steroid dienone is 1. The van der Waals surface area contributed by atoms with E-state index in [1.54, 1.807) is 49.7 Å². The second-order valence-corrected chi connectivity index (χ2v) is 3.73. The number of hydrogen-bond acceptors (Lipinski definition) is 2. The predicted octanol–water partition coefficient (Wildman–Crippen LogP) is 3.45. The highest BCUT2D eigenvalue weighted by molar-refractivity contribution is 5.57. The first kappa shape index (κ1) is 12.8. The number of benzene rings is 1. The van der Waals surface area contributed by atoms with Crippen molar-refractivity contribution < 1.29 is 9.13 Å². The smallest absolute Gasteiger partial charge is 0.174 e. The highest BCUT2D eigenvalue weighted by atomic mass is 19.1. The molecule has 0 amide bonds. The van der Waals surface area contributed by atoms with Crippen molar-refractivity contribution in [3.05, 3.63) is 65.7 Å². The van der Waals surface area contributed by atoms with Crippen LogP contribution in [0.2, 0.25) is 0 Å². The largest absolute Gasteiger partial charge is 0.497 e. The van der Waals surface area contributed by atoms with Crippen molar-refractivity contribution in [2.24, 2.45) is 0 Å². The van der Waals surface area contributed by atoms with Crippen molar-refractivity contribution in [3.8, 4) is 17.6 Å². The maximum Gasteiger partial charge on any atom is 0.174 e. The van der Waals surface area contributed by atoms with E-state index in [0.717, 1.165) is 11.3 Å². The summed E-state index contributed by atoms with van der Waals surface area (Å²) in [5.74, 6) is 5.31. The first-order chi connectivity index (χ1) is 9.28. The minimum atomic E-state index is -0.504. The van der Waals surface area contributed by atoms with Gasteiger partial charge in [0.05, 0.1) is 7.11 Å². The molecule has 0 bridgehead atoms. The monoisotopic (exact) mass is 253 g/mol.